The molecule has 1 fully saturated rings. The minimum atomic E-state index is -4.20. The second-order valence-electron chi connectivity index (χ2n) is 11.1. The molecule has 0 saturated heterocycles. The summed E-state index contributed by atoms with van der Waals surface area (Å²) in [5, 5.41) is 3.15. The highest BCUT2D eigenvalue weighted by Gasteiger charge is 2.34. The van der Waals surface area contributed by atoms with E-state index in [0.29, 0.717) is 12.4 Å². The Hall–Kier alpha value is -3.50. The smallest absolute Gasteiger partial charge is 0.264 e. The average Bonchev–Trinajstić information content (AvgIpc) is 3.03. The number of hydrogen-bond donors (Lipinski definition) is 1. The van der Waals surface area contributed by atoms with Gasteiger partial charge in [-0.15, -0.1) is 11.8 Å². The summed E-state index contributed by atoms with van der Waals surface area (Å²) in [4.78, 5) is 30.3. The van der Waals surface area contributed by atoms with Crippen molar-refractivity contribution in [3.63, 3.8) is 0 Å². The van der Waals surface area contributed by atoms with E-state index >= 15 is 0 Å². The topological polar surface area (TPSA) is 96.0 Å². The number of ether oxygens (including phenoxy) is 1. The van der Waals surface area contributed by atoms with Crippen molar-refractivity contribution in [3.8, 4) is 5.75 Å². The van der Waals surface area contributed by atoms with E-state index in [1.807, 2.05) is 44.4 Å². The van der Waals surface area contributed by atoms with E-state index < -0.39 is 28.5 Å². The van der Waals surface area contributed by atoms with Gasteiger partial charge in [0.2, 0.25) is 11.8 Å². The molecule has 8 nitrogen and oxygen atoms in total. The zero-order valence-electron chi connectivity index (χ0n) is 26.0. The third-order valence-corrected chi connectivity index (χ3v) is 10.6. The lowest BCUT2D eigenvalue weighted by atomic mass is 9.95. The van der Waals surface area contributed by atoms with Crippen LogP contribution in [0, 0.1) is 6.92 Å². The normalized spacial score (nSPS) is 14.5. The number of nitrogens with one attached hydrogen (secondary N) is 1. The lowest BCUT2D eigenvalue weighted by molar-refractivity contribution is -0.139. The number of carbonyl (C=O) groups excluding carboxylic acids is 2. The molecule has 0 bridgehead atoms. The third kappa shape index (κ3) is 8.15. The van der Waals surface area contributed by atoms with E-state index in [2.05, 4.69) is 5.32 Å². The maximum atomic E-state index is 14.3. The fourth-order valence-electron chi connectivity index (χ4n) is 5.45. The molecule has 4 rings (SSSR count). The number of amides is 2. The molecule has 1 aliphatic rings. The number of nitrogens with zero attached hydrogens (tertiary/aromatic N) is 2. The van der Waals surface area contributed by atoms with Crippen LogP contribution in [0.5, 0.6) is 5.75 Å². The molecule has 10 heteroatoms. The number of anilines is 1. The van der Waals surface area contributed by atoms with E-state index in [9.17, 15) is 18.0 Å². The van der Waals surface area contributed by atoms with Gasteiger partial charge >= 0.3 is 0 Å². The maximum Gasteiger partial charge on any atom is 0.264 e. The van der Waals surface area contributed by atoms with E-state index in [4.69, 9.17) is 4.74 Å². The van der Waals surface area contributed by atoms with Crippen LogP contribution in [0.1, 0.15) is 57.1 Å². The maximum absolute atomic E-state index is 14.3. The van der Waals surface area contributed by atoms with Crippen molar-refractivity contribution in [1.82, 2.24) is 10.2 Å². The predicted octanol–water partition coefficient (Wildman–Crippen LogP) is 6.18. The lowest BCUT2D eigenvalue weighted by Crippen LogP contribution is -2.53. The van der Waals surface area contributed by atoms with E-state index in [0.717, 1.165) is 52.4 Å². The van der Waals surface area contributed by atoms with Gasteiger partial charge in [0, 0.05) is 17.5 Å². The van der Waals surface area contributed by atoms with E-state index in [-0.39, 0.29) is 29.1 Å². The number of sulfonamides is 1. The predicted molar refractivity (Wildman–Crippen MR) is 177 cm³/mol. The van der Waals surface area contributed by atoms with Gasteiger partial charge in [-0.2, -0.15) is 0 Å². The number of aryl methyl sites for hydroxylation is 1. The van der Waals surface area contributed by atoms with E-state index in [1.54, 1.807) is 55.5 Å². The van der Waals surface area contributed by atoms with E-state index in [1.165, 1.54) is 16.7 Å². The van der Waals surface area contributed by atoms with Crippen LogP contribution in [-0.2, 0) is 26.2 Å². The fourth-order valence-corrected chi connectivity index (χ4v) is 7.28. The summed E-state index contributed by atoms with van der Waals surface area (Å²) in [5.41, 5.74) is 2.12. The first-order chi connectivity index (χ1) is 21.1. The molecule has 1 aliphatic carbocycles. The Morgan fingerprint density at radius 1 is 0.977 bits per heavy atom. The Balaban J connectivity index is 1.72. The quantitative estimate of drug-likeness (QED) is 0.225. The summed E-state index contributed by atoms with van der Waals surface area (Å²) in [6, 6.07) is 20.3. The van der Waals surface area contributed by atoms with Crippen LogP contribution in [0.3, 0.4) is 0 Å². The molecule has 1 atom stereocenters. The van der Waals surface area contributed by atoms with Crippen LogP contribution in [0.2, 0.25) is 0 Å². The van der Waals surface area contributed by atoms with Gasteiger partial charge in [0.25, 0.3) is 10.0 Å². The van der Waals surface area contributed by atoms with Gasteiger partial charge in [0.05, 0.1) is 17.2 Å². The second kappa shape index (κ2) is 15.5. The van der Waals surface area contributed by atoms with Crippen molar-refractivity contribution in [2.45, 2.75) is 81.3 Å². The SMILES string of the molecule is CCOc1ccccc1N(CC(=O)N(Cc1ccccc1C)[C@@H](C)C(=O)NC1CCCCC1)S(=O)(=O)c1ccc(SC)cc1. The molecule has 0 aliphatic heterocycles. The summed E-state index contributed by atoms with van der Waals surface area (Å²) >= 11 is 1.51. The number of carbonyl (C=O) groups is 2. The number of thioether (sulfide) groups is 1. The largest absolute Gasteiger partial charge is 0.492 e. The van der Waals surface area contributed by atoms with Crippen molar-refractivity contribution in [1.29, 1.82) is 0 Å². The summed E-state index contributed by atoms with van der Waals surface area (Å²) in [6.07, 6.45) is 7.04. The third-order valence-electron chi connectivity index (χ3n) is 8.08. The van der Waals surface area contributed by atoms with Crippen molar-refractivity contribution in [3.05, 3.63) is 83.9 Å². The number of benzene rings is 3. The fraction of sp³-hybridized carbons (Fsp3) is 0.412. The number of rotatable bonds is 13. The molecule has 0 aromatic heterocycles. The van der Waals surface area contributed by atoms with Crippen LogP contribution in [0.25, 0.3) is 0 Å². The van der Waals surface area contributed by atoms with Gasteiger partial charge < -0.3 is 15.0 Å². The zero-order chi connectivity index (χ0) is 31.7. The van der Waals surface area contributed by atoms with Crippen LogP contribution >= 0.6 is 11.8 Å². The van der Waals surface area contributed by atoms with Gasteiger partial charge in [-0.1, -0.05) is 55.7 Å². The first-order valence-electron chi connectivity index (χ1n) is 15.2. The molecular formula is C34H43N3O5S2. The molecule has 0 spiro atoms. The number of hydrogen-bond acceptors (Lipinski definition) is 6. The highest BCUT2D eigenvalue weighted by molar-refractivity contribution is 7.98. The van der Waals surface area contributed by atoms with Gasteiger partial charge in [0.15, 0.2) is 0 Å². The minimum absolute atomic E-state index is 0.0583. The summed E-state index contributed by atoms with van der Waals surface area (Å²) in [5.74, 6) is -0.383. The van der Waals surface area contributed by atoms with Crippen molar-refractivity contribution >= 4 is 39.3 Å². The highest BCUT2D eigenvalue weighted by atomic mass is 32.2. The second-order valence-corrected chi connectivity index (χ2v) is 13.8. The molecule has 236 valence electrons. The van der Waals surface area contributed by atoms with Gasteiger partial charge in [-0.05, 0) is 87.4 Å². The monoisotopic (exact) mass is 637 g/mol. The molecule has 2 amide bonds. The highest BCUT2D eigenvalue weighted by Crippen LogP contribution is 2.33. The molecule has 0 heterocycles. The molecule has 3 aromatic carbocycles. The number of para-hydroxylation sites is 2. The summed E-state index contributed by atoms with van der Waals surface area (Å²) < 4.78 is 35.4. The average molecular weight is 638 g/mol. The molecule has 1 N–H and O–H groups in total. The summed E-state index contributed by atoms with van der Waals surface area (Å²) in [6.45, 7) is 5.45. The Morgan fingerprint density at radius 3 is 2.30 bits per heavy atom. The standard InChI is InChI=1S/C34H43N3O5S2/c1-5-42-32-18-12-11-17-31(32)37(44(40,41)30-21-19-29(43-4)20-22-30)24-33(38)36(23-27-14-10-9-13-25(27)2)26(3)34(39)35-28-15-7-6-8-16-28/h9-14,17-22,26,28H,5-8,15-16,23-24H2,1-4H3,(H,35,39)/t26-/m0/s1. The van der Waals surface area contributed by atoms with Crippen LogP contribution in [-0.4, -0.2) is 56.6 Å². The molecule has 3 aromatic rings. The van der Waals surface area contributed by atoms with Crippen molar-refractivity contribution in [2.75, 3.05) is 23.7 Å². The Morgan fingerprint density at radius 2 is 1.64 bits per heavy atom. The van der Waals surface area contributed by atoms with Crippen molar-refractivity contribution in [2.24, 2.45) is 0 Å². The first-order valence-corrected chi connectivity index (χ1v) is 17.8. The molecule has 0 radical (unpaired) electrons. The molecule has 0 unspecified atom stereocenters. The Kier molecular flexibility index (Phi) is 11.7. The lowest BCUT2D eigenvalue weighted by Gasteiger charge is -2.33. The Labute approximate surface area is 266 Å². The van der Waals surface area contributed by atoms with Crippen LogP contribution in [0.15, 0.2) is 82.6 Å². The zero-order valence-corrected chi connectivity index (χ0v) is 27.6. The molecule has 1 saturated carbocycles. The van der Waals surface area contributed by atoms with Crippen LogP contribution in [0.4, 0.5) is 5.69 Å². The molecule has 44 heavy (non-hydrogen) atoms. The molecular weight excluding hydrogens is 595 g/mol. The summed E-state index contributed by atoms with van der Waals surface area (Å²) in [7, 11) is -4.20. The minimum Gasteiger partial charge on any atom is -0.492 e. The first kappa shape index (κ1) is 33.4. The van der Waals surface area contributed by atoms with Crippen LogP contribution < -0.4 is 14.4 Å². The Bertz CT molecular complexity index is 1520. The van der Waals surface area contributed by atoms with Gasteiger partial charge in [-0.25, -0.2) is 8.42 Å². The van der Waals surface area contributed by atoms with Gasteiger partial charge in [0.1, 0.15) is 18.3 Å². The van der Waals surface area contributed by atoms with Gasteiger partial charge in [-0.3, -0.25) is 13.9 Å². The van der Waals surface area contributed by atoms with Crippen molar-refractivity contribution < 1.29 is 22.7 Å².